The van der Waals surface area contributed by atoms with Gasteiger partial charge in [-0.3, -0.25) is 4.79 Å². The first kappa shape index (κ1) is 12.5. The molecule has 1 rings (SSSR count). The number of esters is 1. The van der Waals surface area contributed by atoms with Crippen molar-refractivity contribution in [1.29, 1.82) is 0 Å². The molecule has 0 amide bonds. The van der Waals surface area contributed by atoms with E-state index in [-0.39, 0.29) is 11.9 Å². The summed E-state index contributed by atoms with van der Waals surface area (Å²) in [4.78, 5) is 11.6. The van der Waals surface area contributed by atoms with Crippen LogP contribution in [-0.2, 0) is 9.53 Å². The number of carbonyl (C=O) groups is 1. The Morgan fingerprint density at radius 3 is 2.73 bits per heavy atom. The van der Waals surface area contributed by atoms with Gasteiger partial charge in [0.1, 0.15) is 0 Å². The fourth-order valence-electron chi connectivity index (χ4n) is 2.34. The second-order valence-corrected chi connectivity index (χ2v) is 5.11. The summed E-state index contributed by atoms with van der Waals surface area (Å²) in [5.74, 6) is 1.17. The molecule has 0 aromatic heterocycles. The summed E-state index contributed by atoms with van der Waals surface area (Å²) in [6.45, 7) is 7.57. The van der Waals surface area contributed by atoms with Gasteiger partial charge in [-0.2, -0.15) is 0 Å². The fourth-order valence-corrected chi connectivity index (χ4v) is 2.34. The molecule has 0 aromatic rings. The standard InChI is InChI=1S/C12H23NO2/c1-8(2)5-11-10(12(14)15-4)6-9(3)7-13-11/h8-11,13H,5-7H2,1-4H3. The number of carbonyl (C=O) groups excluding carboxylic acids is 1. The number of piperidine rings is 1. The molecular formula is C12H23NO2. The average molecular weight is 213 g/mol. The number of hydrogen-bond donors (Lipinski definition) is 1. The van der Waals surface area contributed by atoms with Gasteiger partial charge in [-0.05, 0) is 31.2 Å². The van der Waals surface area contributed by atoms with Gasteiger partial charge < -0.3 is 10.1 Å². The maximum atomic E-state index is 11.6. The summed E-state index contributed by atoms with van der Waals surface area (Å²) in [6, 6.07) is 0.300. The Bertz CT molecular complexity index is 216. The van der Waals surface area contributed by atoms with E-state index in [1.807, 2.05) is 0 Å². The minimum atomic E-state index is -0.0558. The lowest BCUT2D eigenvalue weighted by atomic mass is 9.82. The molecule has 3 nitrogen and oxygen atoms in total. The molecule has 1 aliphatic rings. The van der Waals surface area contributed by atoms with Gasteiger partial charge in [-0.25, -0.2) is 0 Å². The summed E-state index contributed by atoms with van der Waals surface area (Å²) < 4.78 is 4.87. The van der Waals surface area contributed by atoms with Gasteiger partial charge in [-0.15, -0.1) is 0 Å². The number of nitrogens with one attached hydrogen (secondary N) is 1. The molecule has 0 aliphatic carbocycles. The summed E-state index contributed by atoms with van der Waals surface area (Å²) in [6.07, 6.45) is 2.00. The Labute approximate surface area is 92.6 Å². The van der Waals surface area contributed by atoms with Crippen molar-refractivity contribution in [3.8, 4) is 0 Å². The molecule has 1 aliphatic heterocycles. The van der Waals surface area contributed by atoms with Crippen LogP contribution in [0.1, 0.15) is 33.6 Å². The zero-order valence-electron chi connectivity index (χ0n) is 10.2. The highest BCUT2D eigenvalue weighted by atomic mass is 16.5. The minimum Gasteiger partial charge on any atom is -0.469 e. The van der Waals surface area contributed by atoms with Crippen LogP contribution in [0.3, 0.4) is 0 Å². The van der Waals surface area contributed by atoms with Gasteiger partial charge in [0.05, 0.1) is 13.0 Å². The zero-order valence-corrected chi connectivity index (χ0v) is 10.2. The third-order valence-corrected chi connectivity index (χ3v) is 3.10. The van der Waals surface area contributed by atoms with E-state index in [2.05, 4.69) is 26.1 Å². The highest BCUT2D eigenvalue weighted by Crippen LogP contribution is 2.25. The molecule has 1 fully saturated rings. The van der Waals surface area contributed by atoms with Crippen molar-refractivity contribution >= 4 is 5.97 Å². The van der Waals surface area contributed by atoms with Crippen molar-refractivity contribution in [2.24, 2.45) is 17.8 Å². The summed E-state index contributed by atoms with van der Waals surface area (Å²) in [5, 5.41) is 3.46. The SMILES string of the molecule is COC(=O)C1CC(C)CNC1CC(C)C. The second-order valence-electron chi connectivity index (χ2n) is 5.11. The topological polar surface area (TPSA) is 38.3 Å². The second kappa shape index (κ2) is 5.50. The summed E-state index contributed by atoms with van der Waals surface area (Å²) >= 11 is 0. The summed E-state index contributed by atoms with van der Waals surface area (Å²) in [5.41, 5.74) is 0. The molecule has 1 heterocycles. The summed E-state index contributed by atoms with van der Waals surface area (Å²) in [7, 11) is 1.48. The highest BCUT2D eigenvalue weighted by Gasteiger charge is 2.34. The Hall–Kier alpha value is -0.570. The van der Waals surface area contributed by atoms with Crippen molar-refractivity contribution in [3.05, 3.63) is 0 Å². The third kappa shape index (κ3) is 3.49. The lowest BCUT2D eigenvalue weighted by Crippen LogP contribution is -2.48. The molecule has 0 bridgehead atoms. The molecule has 3 unspecified atom stereocenters. The minimum absolute atomic E-state index is 0.0427. The van der Waals surface area contributed by atoms with Crippen LogP contribution in [-0.4, -0.2) is 25.7 Å². The maximum absolute atomic E-state index is 11.6. The van der Waals surface area contributed by atoms with Crippen molar-refractivity contribution in [3.63, 3.8) is 0 Å². The Morgan fingerprint density at radius 2 is 2.20 bits per heavy atom. The molecule has 3 heteroatoms. The van der Waals surface area contributed by atoms with Crippen LogP contribution < -0.4 is 5.32 Å². The Balaban J connectivity index is 2.61. The number of hydrogen-bond acceptors (Lipinski definition) is 3. The van der Waals surface area contributed by atoms with Gasteiger partial charge in [-0.1, -0.05) is 20.8 Å². The van der Waals surface area contributed by atoms with Crippen molar-refractivity contribution in [1.82, 2.24) is 5.32 Å². The van der Waals surface area contributed by atoms with E-state index in [4.69, 9.17) is 4.74 Å². The molecule has 0 saturated carbocycles. The maximum Gasteiger partial charge on any atom is 0.310 e. The molecule has 0 radical (unpaired) electrons. The highest BCUT2D eigenvalue weighted by molar-refractivity contribution is 5.73. The van der Waals surface area contributed by atoms with E-state index < -0.39 is 0 Å². The van der Waals surface area contributed by atoms with E-state index >= 15 is 0 Å². The van der Waals surface area contributed by atoms with Gasteiger partial charge in [0.2, 0.25) is 0 Å². The monoisotopic (exact) mass is 213 g/mol. The van der Waals surface area contributed by atoms with E-state index in [1.54, 1.807) is 0 Å². The van der Waals surface area contributed by atoms with E-state index in [0.717, 1.165) is 19.4 Å². The van der Waals surface area contributed by atoms with Gasteiger partial charge >= 0.3 is 5.97 Å². The zero-order chi connectivity index (χ0) is 11.4. The van der Waals surface area contributed by atoms with Crippen molar-refractivity contribution < 1.29 is 9.53 Å². The molecule has 1 saturated heterocycles. The van der Waals surface area contributed by atoms with Gasteiger partial charge in [0.25, 0.3) is 0 Å². The smallest absolute Gasteiger partial charge is 0.310 e. The predicted octanol–water partition coefficient (Wildman–Crippen LogP) is 1.82. The average Bonchev–Trinajstić information content (AvgIpc) is 2.19. The molecule has 1 N–H and O–H groups in total. The van der Waals surface area contributed by atoms with Crippen LogP contribution in [0.5, 0.6) is 0 Å². The van der Waals surface area contributed by atoms with Gasteiger partial charge in [0, 0.05) is 6.04 Å². The van der Waals surface area contributed by atoms with Crippen LogP contribution >= 0.6 is 0 Å². The van der Waals surface area contributed by atoms with Crippen molar-refractivity contribution in [2.75, 3.05) is 13.7 Å². The molecule has 3 atom stereocenters. The van der Waals surface area contributed by atoms with Crippen LogP contribution in [0, 0.1) is 17.8 Å². The third-order valence-electron chi connectivity index (χ3n) is 3.10. The van der Waals surface area contributed by atoms with E-state index in [9.17, 15) is 4.79 Å². The number of methoxy groups -OCH3 is 1. The first-order valence-electron chi connectivity index (χ1n) is 5.85. The largest absolute Gasteiger partial charge is 0.469 e. The Kier molecular flexibility index (Phi) is 4.58. The number of rotatable bonds is 3. The van der Waals surface area contributed by atoms with Crippen LogP contribution in [0.25, 0.3) is 0 Å². The molecule has 0 aromatic carbocycles. The van der Waals surface area contributed by atoms with E-state index in [0.29, 0.717) is 17.9 Å². The van der Waals surface area contributed by atoms with Crippen molar-refractivity contribution in [2.45, 2.75) is 39.7 Å². The lowest BCUT2D eigenvalue weighted by molar-refractivity contribution is -0.148. The molecule has 88 valence electrons. The lowest BCUT2D eigenvalue weighted by Gasteiger charge is -2.35. The Morgan fingerprint density at radius 1 is 1.53 bits per heavy atom. The van der Waals surface area contributed by atoms with Crippen LogP contribution in [0.15, 0.2) is 0 Å². The number of ether oxygens (including phenoxy) is 1. The first-order valence-corrected chi connectivity index (χ1v) is 5.85. The normalized spacial score (nSPS) is 31.7. The molecule has 0 spiro atoms. The van der Waals surface area contributed by atoms with Gasteiger partial charge in [0.15, 0.2) is 0 Å². The molecular weight excluding hydrogens is 190 g/mol. The van der Waals surface area contributed by atoms with E-state index in [1.165, 1.54) is 7.11 Å². The fraction of sp³-hybridized carbons (Fsp3) is 0.917. The predicted molar refractivity (Wildman–Crippen MR) is 60.5 cm³/mol. The first-order chi connectivity index (χ1) is 7.04. The van der Waals surface area contributed by atoms with Crippen LogP contribution in [0.2, 0.25) is 0 Å². The molecule has 15 heavy (non-hydrogen) atoms. The quantitative estimate of drug-likeness (QED) is 0.727. The van der Waals surface area contributed by atoms with Crippen LogP contribution in [0.4, 0.5) is 0 Å².